The van der Waals surface area contributed by atoms with Crippen molar-refractivity contribution in [3.63, 3.8) is 0 Å². The SMILES string of the molecule is CCOC(=O)COc1ccc(C#N)c(Br)c1F. The lowest BCUT2D eigenvalue weighted by atomic mass is 10.2. The van der Waals surface area contributed by atoms with Crippen molar-refractivity contribution in [1.29, 1.82) is 5.26 Å². The van der Waals surface area contributed by atoms with E-state index >= 15 is 0 Å². The minimum absolute atomic E-state index is 0.0151. The molecule has 0 heterocycles. The molecule has 0 fully saturated rings. The molecule has 0 radical (unpaired) electrons. The van der Waals surface area contributed by atoms with E-state index in [1.165, 1.54) is 12.1 Å². The molecule has 0 aromatic heterocycles. The Balaban J connectivity index is 2.77. The summed E-state index contributed by atoms with van der Waals surface area (Å²) >= 11 is 2.94. The first kappa shape index (κ1) is 13.5. The van der Waals surface area contributed by atoms with E-state index in [0.29, 0.717) is 0 Å². The van der Waals surface area contributed by atoms with E-state index in [0.717, 1.165) is 0 Å². The smallest absolute Gasteiger partial charge is 0.344 e. The van der Waals surface area contributed by atoms with Gasteiger partial charge in [0.05, 0.1) is 16.6 Å². The van der Waals surface area contributed by atoms with Gasteiger partial charge >= 0.3 is 5.97 Å². The molecule has 0 saturated heterocycles. The van der Waals surface area contributed by atoms with E-state index in [1.54, 1.807) is 6.92 Å². The predicted molar refractivity (Wildman–Crippen MR) is 60.9 cm³/mol. The average molecular weight is 302 g/mol. The highest BCUT2D eigenvalue weighted by molar-refractivity contribution is 9.10. The van der Waals surface area contributed by atoms with Gasteiger partial charge in [-0.05, 0) is 35.0 Å². The number of ether oxygens (including phenoxy) is 2. The number of rotatable bonds is 4. The molecule has 0 N–H and O–H groups in total. The van der Waals surface area contributed by atoms with Crippen LogP contribution in [0, 0.1) is 17.1 Å². The summed E-state index contributed by atoms with van der Waals surface area (Å²) in [6.07, 6.45) is 0. The van der Waals surface area contributed by atoms with Gasteiger partial charge in [0.15, 0.2) is 18.2 Å². The summed E-state index contributed by atoms with van der Waals surface area (Å²) in [5.74, 6) is -1.40. The minimum atomic E-state index is -0.714. The predicted octanol–water partition coefficient (Wildman–Crippen LogP) is 2.40. The molecule has 0 saturated carbocycles. The molecule has 17 heavy (non-hydrogen) atoms. The van der Waals surface area contributed by atoms with Gasteiger partial charge in [-0.2, -0.15) is 5.26 Å². The van der Waals surface area contributed by atoms with Gasteiger partial charge < -0.3 is 9.47 Å². The quantitative estimate of drug-likeness (QED) is 0.801. The number of hydrogen-bond acceptors (Lipinski definition) is 4. The lowest BCUT2D eigenvalue weighted by Crippen LogP contribution is -2.15. The van der Waals surface area contributed by atoms with Crippen molar-refractivity contribution >= 4 is 21.9 Å². The molecule has 90 valence electrons. The Morgan fingerprint density at radius 1 is 1.59 bits per heavy atom. The second-order valence-electron chi connectivity index (χ2n) is 2.94. The van der Waals surface area contributed by atoms with E-state index in [1.807, 2.05) is 6.07 Å². The van der Waals surface area contributed by atoms with Crippen molar-refractivity contribution in [2.24, 2.45) is 0 Å². The number of nitriles is 1. The molecule has 6 heteroatoms. The van der Waals surface area contributed by atoms with Crippen LogP contribution in [0.3, 0.4) is 0 Å². The fourth-order valence-corrected chi connectivity index (χ4v) is 1.49. The second-order valence-corrected chi connectivity index (χ2v) is 3.74. The first-order valence-electron chi connectivity index (χ1n) is 4.76. The normalized spacial score (nSPS) is 9.53. The van der Waals surface area contributed by atoms with Gasteiger partial charge in [0.2, 0.25) is 0 Å². The van der Waals surface area contributed by atoms with E-state index in [4.69, 9.17) is 10.00 Å². The van der Waals surface area contributed by atoms with Crippen molar-refractivity contribution in [3.05, 3.63) is 28.0 Å². The van der Waals surface area contributed by atoms with Crippen LogP contribution < -0.4 is 4.74 Å². The topological polar surface area (TPSA) is 59.3 Å². The fraction of sp³-hybridized carbons (Fsp3) is 0.273. The third kappa shape index (κ3) is 3.43. The number of nitrogens with zero attached hydrogens (tertiary/aromatic N) is 1. The van der Waals surface area contributed by atoms with Crippen LogP contribution in [0.15, 0.2) is 16.6 Å². The highest BCUT2D eigenvalue weighted by Crippen LogP contribution is 2.28. The summed E-state index contributed by atoms with van der Waals surface area (Å²) in [5.41, 5.74) is 0.158. The summed E-state index contributed by atoms with van der Waals surface area (Å²) in [4.78, 5) is 11.0. The van der Waals surface area contributed by atoms with Gasteiger partial charge in [-0.1, -0.05) is 0 Å². The number of carbonyl (C=O) groups is 1. The number of hydrogen-bond donors (Lipinski definition) is 0. The van der Waals surface area contributed by atoms with Gasteiger partial charge in [-0.15, -0.1) is 0 Å². The van der Waals surface area contributed by atoms with Crippen molar-refractivity contribution in [2.45, 2.75) is 6.92 Å². The summed E-state index contributed by atoms with van der Waals surface area (Å²) < 4.78 is 23.2. The van der Waals surface area contributed by atoms with Gasteiger partial charge in [0.25, 0.3) is 0 Å². The summed E-state index contributed by atoms with van der Waals surface area (Å²) in [6, 6.07) is 4.50. The summed E-state index contributed by atoms with van der Waals surface area (Å²) in [6.45, 7) is 1.53. The Kier molecular flexibility index (Phi) is 4.91. The lowest BCUT2D eigenvalue weighted by molar-refractivity contribution is -0.145. The van der Waals surface area contributed by atoms with Crippen LogP contribution in [0.2, 0.25) is 0 Å². The molecule has 0 aliphatic rings. The highest BCUT2D eigenvalue weighted by atomic mass is 79.9. The zero-order chi connectivity index (χ0) is 12.8. The molecule has 0 amide bonds. The highest BCUT2D eigenvalue weighted by Gasteiger charge is 2.13. The van der Waals surface area contributed by atoms with Crippen LogP contribution in [0.4, 0.5) is 4.39 Å². The van der Waals surface area contributed by atoms with E-state index in [-0.39, 0.29) is 29.0 Å². The Bertz CT molecular complexity index is 471. The van der Waals surface area contributed by atoms with Gasteiger partial charge in [-0.3, -0.25) is 0 Å². The fourth-order valence-electron chi connectivity index (χ4n) is 1.07. The maximum atomic E-state index is 13.6. The molecule has 1 rings (SSSR count). The molecule has 0 bridgehead atoms. The maximum Gasteiger partial charge on any atom is 0.344 e. The van der Waals surface area contributed by atoms with Crippen LogP contribution >= 0.6 is 15.9 Å². The third-order valence-corrected chi connectivity index (χ3v) is 2.59. The van der Waals surface area contributed by atoms with E-state index < -0.39 is 11.8 Å². The van der Waals surface area contributed by atoms with Crippen molar-refractivity contribution in [3.8, 4) is 11.8 Å². The Labute approximate surface area is 106 Å². The van der Waals surface area contributed by atoms with Crippen LogP contribution in [-0.4, -0.2) is 19.2 Å². The number of benzene rings is 1. The molecular formula is C11H9BrFNO3. The zero-order valence-electron chi connectivity index (χ0n) is 9.00. The molecule has 1 aromatic rings. The monoisotopic (exact) mass is 301 g/mol. The lowest BCUT2D eigenvalue weighted by Gasteiger charge is -2.08. The molecule has 4 nitrogen and oxygen atoms in total. The van der Waals surface area contributed by atoms with E-state index in [9.17, 15) is 9.18 Å². The minimum Gasteiger partial charge on any atom is -0.479 e. The first-order valence-corrected chi connectivity index (χ1v) is 5.56. The molecule has 0 unspecified atom stereocenters. The molecule has 1 aromatic carbocycles. The first-order chi connectivity index (χ1) is 8.10. The van der Waals surface area contributed by atoms with Crippen LogP contribution in [-0.2, 0) is 9.53 Å². The molecular weight excluding hydrogens is 293 g/mol. The Morgan fingerprint density at radius 2 is 2.29 bits per heavy atom. The van der Waals surface area contributed by atoms with Crippen molar-refractivity contribution in [2.75, 3.05) is 13.2 Å². The molecule has 0 aliphatic heterocycles. The summed E-state index contributed by atoms with van der Waals surface area (Å²) in [5, 5.41) is 8.66. The Morgan fingerprint density at radius 3 is 2.88 bits per heavy atom. The standard InChI is InChI=1S/C11H9BrFNO3/c1-2-16-9(15)6-17-8-4-3-7(5-14)10(12)11(8)13/h3-4H,2,6H2,1H3. The number of esters is 1. The maximum absolute atomic E-state index is 13.6. The van der Waals surface area contributed by atoms with Crippen molar-refractivity contribution < 1.29 is 18.7 Å². The van der Waals surface area contributed by atoms with Crippen LogP contribution in [0.25, 0.3) is 0 Å². The largest absolute Gasteiger partial charge is 0.479 e. The van der Waals surface area contributed by atoms with Gasteiger partial charge in [0, 0.05) is 0 Å². The molecule has 0 aliphatic carbocycles. The molecule has 0 spiro atoms. The summed E-state index contributed by atoms with van der Waals surface area (Å²) in [7, 11) is 0. The zero-order valence-corrected chi connectivity index (χ0v) is 10.6. The van der Waals surface area contributed by atoms with Crippen LogP contribution in [0.1, 0.15) is 12.5 Å². The van der Waals surface area contributed by atoms with Crippen molar-refractivity contribution in [1.82, 2.24) is 0 Å². The molecule has 0 atom stereocenters. The van der Waals surface area contributed by atoms with Gasteiger partial charge in [0.1, 0.15) is 6.07 Å². The third-order valence-electron chi connectivity index (χ3n) is 1.82. The van der Waals surface area contributed by atoms with Gasteiger partial charge in [-0.25, -0.2) is 9.18 Å². The number of halogens is 2. The second kappa shape index (κ2) is 6.21. The average Bonchev–Trinajstić information content (AvgIpc) is 2.31. The van der Waals surface area contributed by atoms with Crippen LogP contribution in [0.5, 0.6) is 5.75 Å². The van der Waals surface area contributed by atoms with E-state index in [2.05, 4.69) is 20.7 Å². The Hall–Kier alpha value is -1.61. The number of carbonyl (C=O) groups excluding carboxylic acids is 1.